The van der Waals surface area contributed by atoms with Gasteiger partial charge in [0.2, 0.25) is 0 Å². The Morgan fingerprint density at radius 1 is 0.344 bits per heavy atom. The molecule has 0 atom stereocenters. The van der Waals surface area contributed by atoms with E-state index in [1.165, 1.54) is 0 Å². The highest BCUT2D eigenvalue weighted by Gasteiger charge is 2.71. The molecule has 0 aromatic heterocycles. The second-order valence-electron chi connectivity index (χ2n) is 24.5. The van der Waals surface area contributed by atoms with E-state index >= 15 is 0 Å². The summed E-state index contributed by atoms with van der Waals surface area (Å²) in [5.74, 6) is -1.04. The van der Waals surface area contributed by atoms with Gasteiger partial charge in [-0.05, 0) is 196 Å². The highest BCUT2D eigenvalue weighted by Crippen LogP contribution is 2.41. The average Bonchev–Trinajstić information content (AvgIpc) is 2.80. The molecule has 61 heavy (non-hydrogen) atoms. The van der Waals surface area contributed by atoms with Crippen LogP contribution in [0.25, 0.3) is 0 Å². The molecule has 1 N–H and O–H groups in total. The Morgan fingerprint density at radius 3 is 0.672 bits per heavy atom. The maximum Gasteiger partial charge on any atom is 0.640 e. The first-order chi connectivity index (χ1) is 26.3. The molecule has 0 amide bonds. The molecule has 0 saturated carbocycles. The molecule has 0 aliphatic rings. The van der Waals surface area contributed by atoms with E-state index in [-0.39, 0.29) is 18.0 Å². The summed E-state index contributed by atoms with van der Waals surface area (Å²) in [6.07, 6.45) is 1.06. The molecule has 0 saturated heterocycles. The number of hydrogen-bond acceptors (Lipinski definition) is 13. The number of rotatable bonds is 30. The van der Waals surface area contributed by atoms with Crippen LogP contribution in [-0.4, -0.2) is 122 Å². The second-order valence-corrected chi connectivity index (χ2v) is 77.2. The van der Waals surface area contributed by atoms with E-state index in [0.29, 0.717) is 12.8 Å². The molecule has 0 aliphatic heterocycles. The first-order valence-corrected chi connectivity index (χ1v) is 59.1. The van der Waals surface area contributed by atoms with Gasteiger partial charge in [0, 0.05) is 11.6 Å². The SMILES string of the molecule is C=C(CCCC[Si](O[Si](O[Si](C)(C)C)(O[Si](C)(C)C)O[Si](C)(C)C)(O[Si](O[Si](C)(C)C)(O[Si](C)(C)C)O[Si](C)(C)C)O[Si](O[Si](C)(C)C)(O[Si](C)(C)C)O[Si](C)(C)C)C(=O)O. The highest BCUT2D eigenvalue weighted by molar-refractivity contribution is 6.96. The number of carboxylic acid groups (broad SMARTS) is 1. The molecule has 0 radical (unpaired) electrons. The zero-order valence-electron chi connectivity index (χ0n) is 43.8. The second kappa shape index (κ2) is 21.9. The molecular weight excluding hydrogens is 997 g/mol. The van der Waals surface area contributed by atoms with E-state index in [1.54, 1.807) is 0 Å². The maximum atomic E-state index is 12.0. The lowest BCUT2D eigenvalue weighted by Gasteiger charge is -2.50. The van der Waals surface area contributed by atoms with Crippen LogP contribution in [0.2, 0.25) is 183 Å². The Hall–Kier alpha value is 1.55. The monoisotopic (exact) mass is 1090 g/mol. The molecule has 27 heteroatoms. The van der Waals surface area contributed by atoms with E-state index in [2.05, 4.69) is 183 Å². The highest BCUT2D eigenvalue weighted by atomic mass is 28.6. The zero-order valence-corrected chi connectivity index (χ0v) is 56.8. The van der Waals surface area contributed by atoms with Gasteiger partial charge in [0.1, 0.15) is 0 Å². The summed E-state index contributed by atoms with van der Waals surface area (Å²) in [6.45, 7) is 60.3. The molecule has 0 bridgehead atoms. The van der Waals surface area contributed by atoms with Crippen LogP contribution < -0.4 is 0 Å². The molecule has 0 unspecified atom stereocenters. The van der Waals surface area contributed by atoms with E-state index in [9.17, 15) is 9.90 Å². The number of carbonyl (C=O) groups is 1. The van der Waals surface area contributed by atoms with Crippen molar-refractivity contribution in [3.05, 3.63) is 12.2 Å². The summed E-state index contributed by atoms with van der Waals surface area (Å²) in [6, 6.07) is 0.135. The summed E-state index contributed by atoms with van der Waals surface area (Å²) < 4.78 is 88.7. The van der Waals surface area contributed by atoms with Crippen LogP contribution in [0.5, 0.6) is 0 Å². The predicted molar refractivity (Wildman–Crippen MR) is 282 cm³/mol. The third-order valence-electron chi connectivity index (χ3n) is 6.24. The molecule has 14 nitrogen and oxygen atoms in total. The first kappa shape index (κ1) is 62.5. The van der Waals surface area contributed by atoms with Gasteiger partial charge in [-0.1, -0.05) is 6.58 Å². The average molecular weight is 1090 g/mol. The topological polar surface area (TPSA) is 148 Å². The lowest BCUT2D eigenvalue weighted by molar-refractivity contribution is -0.132. The minimum Gasteiger partial charge on any atom is -0.478 e. The molecule has 0 aromatic rings. The van der Waals surface area contributed by atoms with Crippen molar-refractivity contribution in [2.24, 2.45) is 0 Å². The van der Waals surface area contributed by atoms with Gasteiger partial charge in [-0.15, -0.1) is 0 Å². The van der Waals surface area contributed by atoms with Crippen molar-refractivity contribution < 1.29 is 59.3 Å². The van der Waals surface area contributed by atoms with Gasteiger partial charge >= 0.3 is 41.9 Å². The van der Waals surface area contributed by atoms with Gasteiger partial charge in [-0.3, -0.25) is 0 Å². The number of unbranched alkanes of at least 4 members (excludes halogenated alkanes) is 1. The van der Waals surface area contributed by atoms with Crippen molar-refractivity contribution in [3.63, 3.8) is 0 Å². The van der Waals surface area contributed by atoms with E-state index < -0.39 is 117 Å². The third-order valence-corrected chi connectivity index (χ3v) is 45.0. The molecule has 0 aliphatic carbocycles. The Labute approximate surface area is 387 Å². The Kier molecular flexibility index (Phi) is 22.4. The van der Waals surface area contributed by atoms with Crippen molar-refractivity contribution in [3.8, 4) is 0 Å². The molecule has 364 valence electrons. The van der Waals surface area contributed by atoms with Crippen molar-refractivity contribution in [1.82, 2.24) is 0 Å². The summed E-state index contributed by atoms with van der Waals surface area (Å²) in [5, 5.41) is 9.81. The fourth-order valence-electron chi connectivity index (χ4n) is 5.32. The fraction of sp³-hybridized carbons (Fsp3) is 0.912. The number of carboxylic acids is 1. The zero-order chi connectivity index (χ0) is 49.0. The molecule has 0 spiro atoms. The predicted octanol–water partition coefficient (Wildman–Crippen LogP) is 11.8. The Morgan fingerprint density at radius 2 is 0.525 bits per heavy atom. The fourth-order valence-corrected chi connectivity index (χ4v) is 50.2. The van der Waals surface area contributed by atoms with Gasteiger partial charge < -0.3 is 54.5 Å². The Bertz CT molecular complexity index is 1150. The van der Waals surface area contributed by atoms with Crippen LogP contribution in [0.3, 0.4) is 0 Å². The standard InChI is InChI=1S/C34H92O14Si13/c1-33(34(35)36)31-29-30-32-58(46-59(37-49(2,3)4,38-50(5,6)7)39-51(8,9)10,47-60(40-52(11,12)13,41-53(14,15)16)42-54(17,18)19)48-61(43-55(20,21)22,44-56(23,24)25)45-57(26,27)28/h1,29-32H2,2-28H3,(H,35,36). The number of hydrogen-bond donors (Lipinski definition) is 1. The largest absolute Gasteiger partial charge is 0.640 e. The molecule has 0 rings (SSSR count). The van der Waals surface area contributed by atoms with Crippen molar-refractivity contribution in [2.75, 3.05) is 0 Å². The third kappa shape index (κ3) is 29.8. The summed E-state index contributed by atoms with van der Waals surface area (Å²) in [7, 11) is -40.6. The normalized spacial score (nSPS) is 15.4. The van der Waals surface area contributed by atoms with Gasteiger partial charge in [-0.2, -0.15) is 0 Å². The molecular formula is C34H92O14Si13. The van der Waals surface area contributed by atoms with Crippen LogP contribution in [0, 0.1) is 0 Å². The summed E-state index contributed by atoms with van der Waals surface area (Å²) in [5.41, 5.74) is 0.106. The van der Waals surface area contributed by atoms with Crippen LogP contribution in [0.15, 0.2) is 12.2 Å². The molecule has 0 heterocycles. The van der Waals surface area contributed by atoms with Gasteiger partial charge in [-0.25, -0.2) is 4.79 Å². The van der Waals surface area contributed by atoms with E-state index in [0.717, 1.165) is 0 Å². The maximum absolute atomic E-state index is 12.0. The number of aliphatic carboxylic acids is 1. The van der Waals surface area contributed by atoms with Crippen LogP contribution >= 0.6 is 0 Å². The van der Waals surface area contributed by atoms with Crippen molar-refractivity contribution >= 4 is 117 Å². The lowest BCUT2D eigenvalue weighted by atomic mass is 10.1. The van der Waals surface area contributed by atoms with E-state index in [4.69, 9.17) is 49.4 Å². The van der Waals surface area contributed by atoms with E-state index in [1.807, 2.05) is 0 Å². The van der Waals surface area contributed by atoms with Gasteiger partial charge in [0.25, 0.3) is 0 Å². The smallest absolute Gasteiger partial charge is 0.478 e. The summed E-state index contributed by atoms with van der Waals surface area (Å²) >= 11 is 0. The molecule has 0 fully saturated rings. The Balaban J connectivity index is 9.43. The minimum absolute atomic E-state index is 0.106. The minimum atomic E-state index is -4.62. The lowest BCUT2D eigenvalue weighted by Crippen LogP contribution is -2.76. The van der Waals surface area contributed by atoms with Crippen LogP contribution in [0.1, 0.15) is 19.3 Å². The van der Waals surface area contributed by atoms with Crippen LogP contribution in [-0.2, 0) is 54.2 Å². The first-order valence-electron chi connectivity index (χ1n) is 21.6. The van der Waals surface area contributed by atoms with Crippen molar-refractivity contribution in [1.29, 1.82) is 0 Å². The van der Waals surface area contributed by atoms with Gasteiger partial charge in [0.05, 0.1) is 0 Å². The van der Waals surface area contributed by atoms with Crippen molar-refractivity contribution in [2.45, 2.75) is 202 Å². The molecule has 0 aromatic carbocycles. The van der Waals surface area contributed by atoms with Gasteiger partial charge in [0.15, 0.2) is 74.9 Å². The quantitative estimate of drug-likeness (QED) is 0.0413. The summed E-state index contributed by atoms with van der Waals surface area (Å²) in [4.78, 5) is 12.0. The van der Waals surface area contributed by atoms with Crippen LogP contribution in [0.4, 0.5) is 0 Å².